The van der Waals surface area contributed by atoms with Crippen molar-refractivity contribution in [3.05, 3.63) is 35.4 Å². The lowest BCUT2D eigenvalue weighted by Gasteiger charge is -2.36. The number of carbonyl (C=O) groups is 1. The summed E-state index contributed by atoms with van der Waals surface area (Å²) in [6, 6.07) is 9.18. The molecule has 1 amide bonds. The van der Waals surface area contributed by atoms with Crippen molar-refractivity contribution in [1.82, 2.24) is 15.1 Å². The first-order valence-electron chi connectivity index (χ1n) is 11.2. The van der Waals surface area contributed by atoms with Gasteiger partial charge in [0.1, 0.15) is 0 Å². The van der Waals surface area contributed by atoms with Gasteiger partial charge in [-0.1, -0.05) is 29.8 Å². The van der Waals surface area contributed by atoms with Gasteiger partial charge in [0.2, 0.25) is 5.91 Å². The Morgan fingerprint density at radius 3 is 2.69 bits per heavy atom. The Balaban J connectivity index is 1.43. The van der Waals surface area contributed by atoms with Crippen LogP contribution in [0.25, 0.3) is 0 Å². The van der Waals surface area contributed by atoms with Crippen LogP contribution in [-0.4, -0.2) is 67.0 Å². The summed E-state index contributed by atoms with van der Waals surface area (Å²) in [5.41, 5.74) is 2.51. The Bertz CT molecular complexity index is 729. The average Bonchev–Trinajstić information content (AvgIpc) is 3.57. The monoisotopic (exact) mass is 398 g/mol. The van der Waals surface area contributed by atoms with Gasteiger partial charge in [0.25, 0.3) is 0 Å². The zero-order valence-electron chi connectivity index (χ0n) is 17.8. The van der Waals surface area contributed by atoms with Crippen LogP contribution in [0.2, 0.25) is 0 Å². The number of hydrogen-bond donors (Lipinski definition) is 1. The summed E-state index contributed by atoms with van der Waals surface area (Å²) in [5.74, 6) is 1.47. The highest BCUT2D eigenvalue weighted by molar-refractivity contribution is 5.88. The van der Waals surface area contributed by atoms with E-state index in [2.05, 4.69) is 53.2 Å². The number of nitrogens with one attached hydrogen (secondary N) is 1. The summed E-state index contributed by atoms with van der Waals surface area (Å²) in [4.78, 5) is 21.7. The van der Waals surface area contributed by atoms with Gasteiger partial charge in [-0.2, -0.15) is 0 Å². The van der Waals surface area contributed by atoms with E-state index < -0.39 is 0 Å². The molecule has 6 nitrogen and oxygen atoms in total. The van der Waals surface area contributed by atoms with Gasteiger partial charge in [-0.15, -0.1) is 0 Å². The fourth-order valence-electron chi connectivity index (χ4n) is 4.42. The normalized spacial score (nSPS) is 26.0. The van der Waals surface area contributed by atoms with Crippen molar-refractivity contribution in [2.24, 2.45) is 10.9 Å². The highest BCUT2D eigenvalue weighted by atomic mass is 16.5. The first-order chi connectivity index (χ1) is 14.2. The SMILES string of the molecule is CCNC(=NCC1CCCOC1c1ccc(C)cc1)N1CCN(C2CC2)C(=O)C1. The van der Waals surface area contributed by atoms with E-state index in [-0.39, 0.29) is 12.0 Å². The van der Waals surface area contributed by atoms with Crippen LogP contribution in [0, 0.1) is 12.8 Å². The van der Waals surface area contributed by atoms with Gasteiger partial charge < -0.3 is 19.9 Å². The molecule has 29 heavy (non-hydrogen) atoms. The fourth-order valence-corrected chi connectivity index (χ4v) is 4.42. The van der Waals surface area contributed by atoms with Crippen LogP contribution in [0.3, 0.4) is 0 Å². The summed E-state index contributed by atoms with van der Waals surface area (Å²) in [6.45, 7) is 8.64. The Morgan fingerprint density at radius 1 is 1.21 bits per heavy atom. The van der Waals surface area contributed by atoms with E-state index in [1.165, 1.54) is 24.0 Å². The van der Waals surface area contributed by atoms with Crippen LogP contribution in [0.5, 0.6) is 0 Å². The number of amides is 1. The van der Waals surface area contributed by atoms with Crippen LogP contribution in [0.1, 0.15) is 49.8 Å². The Hall–Kier alpha value is -2.08. The predicted octanol–water partition coefficient (Wildman–Crippen LogP) is 2.73. The van der Waals surface area contributed by atoms with E-state index in [1.807, 2.05) is 0 Å². The molecule has 0 spiro atoms. The molecule has 2 aliphatic heterocycles. The topological polar surface area (TPSA) is 57.2 Å². The molecule has 6 heteroatoms. The minimum Gasteiger partial charge on any atom is -0.373 e. The molecule has 1 aliphatic carbocycles. The second-order valence-corrected chi connectivity index (χ2v) is 8.54. The van der Waals surface area contributed by atoms with Crippen LogP contribution >= 0.6 is 0 Å². The maximum atomic E-state index is 12.5. The van der Waals surface area contributed by atoms with Crippen LogP contribution in [0.15, 0.2) is 29.3 Å². The molecule has 158 valence electrons. The average molecular weight is 399 g/mol. The molecule has 2 atom stereocenters. The van der Waals surface area contributed by atoms with Gasteiger partial charge in [-0.25, -0.2) is 0 Å². The van der Waals surface area contributed by atoms with Crippen LogP contribution in [-0.2, 0) is 9.53 Å². The second kappa shape index (κ2) is 9.16. The maximum Gasteiger partial charge on any atom is 0.242 e. The zero-order chi connectivity index (χ0) is 20.2. The highest BCUT2D eigenvalue weighted by Crippen LogP contribution is 2.34. The molecule has 4 rings (SSSR count). The van der Waals surface area contributed by atoms with Crippen molar-refractivity contribution in [1.29, 1.82) is 0 Å². The Kier molecular flexibility index (Phi) is 6.38. The molecule has 1 aromatic rings. The highest BCUT2D eigenvalue weighted by Gasteiger charge is 2.36. The fraction of sp³-hybridized carbons (Fsp3) is 0.652. The number of aliphatic imine (C=N–C) groups is 1. The van der Waals surface area contributed by atoms with Gasteiger partial charge in [0, 0.05) is 44.7 Å². The third kappa shape index (κ3) is 4.92. The molecule has 1 N–H and O–H groups in total. The molecule has 1 saturated carbocycles. The van der Waals surface area contributed by atoms with Crippen LogP contribution in [0.4, 0.5) is 0 Å². The number of guanidine groups is 1. The molecule has 2 heterocycles. The molecule has 3 fully saturated rings. The van der Waals surface area contributed by atoms with E-state index in [9.17, 15) is 4.79 Å². The lowest BCUT2D eigenvalue weighted by atomic mass is 9.89. The molecule has 2 saturated heterocycles. The van der Waals surface area contributed by atoms with E-state index in [0.29, 0.717) is 18.5 Å². The summed E-state index contributed by atoms with van der Waals surface area (Å²) in [6.07, 6.45) is 4.64. The van der Waals surface area contributed by atoms with Crippen molar-refractivity contribution in [3.63, 3.8) is 0 Å². The minimum absolute atomic E-state index is 0.101. The van der Waals surface area contributed by atoms with E-state index >= 15 is 0 Å². The molecule has 1 aromatic carbocycles. The summed E-state index contributed by atoms with van der Waals surface area (Å²) in [5, 5.41) is 3.40. The molecule has 2 unspecified atom stereocenters. The Morgan fingerprint density at radius 2 is 2.00 bits per heavy atom. The lowest BCUT2D eigenvalue weighted by Crippen LogP contribution is -2.55. The summed E-state index contributed by atoms with van der Waals surface area (Å²) >= 11 is 0. The number of benzene rings is 1. The van der Waals surface area contributed by atoms with Crippen molar-refractivity contribution in [2.45, 2.75) is 51.7 Å². The van der Waals surface area contributed by atoms with Crippen LogP contribution < -0.4 is 5.32 Å². The van der Waals surface area contributed by atoms with Crippen molar-refractivity contribution >= 4 is 11.9 Å². The molecule has 0 aromatic heterocycles. The van der Waals surface area contributed by atoms with E-state index in [4.69, 9.17) is 9.73 Å². The lowest BCUT2D eigenvalue weighted by molar-refractivity contribution is -0.135. The van der Waals surface area contributed by atoms with Gasteiger partial charge in [-0.05, 0) is 45.1 Å². The molecular weight excluding hydrogens is 364 g/mol. The number of rotatable bonds is 5. The Labute approximate surface area is 174 Å². The molecule has 3 aliphatic rings. The third-order valence-electron chi connectivity index (χ3n) is 6.21. The number of carbonyl (C=O) groups excluding carboxylic acids is 1. The van der Waals surface area contributed by atoms with Crippen molar-refractivity contribution < 1.29 is 9.53 Å². The maximum absolute atomic E-state index is 12.5. The van der Waals surface area contributed by atoms with Crippen molar-refractivity contribution in [2.75, 3.05) is 39.3 Å². The van der Waals surface area contributed by atoms with Gasteiger partial charge in [-0.3, -0.25) is 9.79 Å². The minimum atomic E-state index is 0.101. The van der Waals surface area contributed by atoms with Gasteiger partial charge in [0.05, 0.1) is 12.6 Å². The predicted molar refractivity (Wildman–Crippen MR) is 115 cm³/mol. The molecule has 0 bridgehead atoms. The zero-order valence-corrected chi connectivity index (χ0v) is 17.8. The summed E-state index contributed by atoms with van der Waals surface area (Å²) < 4.78 is 6.15. The van der Waals surface area contributed by atoms with Crippen molar-refractivity contribution in [3.8, 4) is 0 Å². The largest absolute Gasteiger partial charge is 0.373 e. The number of aryl methyl sites for hydroxylation is 1. The first kappa shape index (κ1) is 20.2. The second-order valence-electron chi connectivity index (χ2n) is 8.54. The number of ether oxygens (including phenoxy) is 1. The number of piperazine rings is 1. The van der Waals surface area contributed by atoms with Gasteiger partial charge in [0.15, 0.2) is 5.96 Å². The smallest absolute Gasteiger partial charge is 0.242 e. The van der Waals surface area contributed by atoms with E-state index in [0.717, 1.165) is 51.6 Å². The molecule has 0 radical (unpaired) electrons. The molecular formula is C23H34N4O2. The van der Waals surface area contributed by atoms with E-state index in [1.54, 1.807) is 0 Å². The standard InChI is InChI=1S/C23H34N4O2/c1-3-24-23(26-12-13-27(20-10-11-20)21(28)16-26)25-15-19-5-4-14-29-22(19)18-8-6-17(2)7-9-18/h6-9,19-20,22H,3-5,10-16H2,1-2H3,(H,24,25). The first-order valence-corrected chi connectivity index (χ1v) is 11.2. The summed E-state index contributed by atoms with van der Waals surface area (Å²) in [7, 11) is 0. The third-order valence-corrected chi connectivity index (χ3v) is 6.21. The van der Waals surface area contributed by atoms with Gasteiger partial charge >= 0.3 is 0 Å². The quantitative estimate of drug-likeness (QED) is 0.612. The number of hydrogen-bond acceptors (Lipinski definition) is 3. The number of nitrogens with zero attached hydrogens (tertiary/aromatic N) is 3.